The number of hydrogen-bond donors (Lipinski definition) is 1. The van der Waals surface area contributed by atoms with Crippen LogP contribution in [0.2, 0.25) is 0 Å². The van der Waals surface area contributed by atoms with E-state index in [1.54, 1.807) is 0 Å². The van der Waals surface area contributed by atoms with Crippen molar-refractivity contribution in [1.29, 1.82) is 0 Å². The van der Waals surface area contributed by atoms with E-state index < -0.39 is 0 Å². The Morgan fingerprint density at radius 2 is 1.85 bits per heavy atom. The van der Waals surface area contributed by atoms with Crippen LogP contribution < -0.4 is 5.32 Å². The molecule has 2 unspecified atom stereocenters. The number of fused-ring (bicyclic) bond motifs is 1. The van der Waals surface area contributed by atoms with Crippen LogP contribution in [0, 0.1) is 11.8 Å². The zero-order valence-electron chi connectivity index (χ0n) is 13.1. The maximum atomic E-state index is 4.21. The predicted molar refractivity (Wildman–Crippen MR) is 87.0 cm³/mol. The normalized spacial score (nSPS) is 14.7. The first-order valence-corrected chi connectivity index (χ1v) is 7.63. The average molecular weight is 270 g/mol. The minimum atomic E-state index is 0.542. The SMILES string of the molecule is CC(C)CNCC(C)C(C)c1cccc2cnccc12. The summed E-state index contributed by atoms with van der Waals surface area (Å²) >= 11 is 0. The highest BCUT2D eigenvalue weighted by Gasteiger charge is 2.16. The Hall–Kier alpha value is -1.41. The number of nitrogens with zero attached hydrogens (tertiary/aromatic N) is 1. The van der Waals surface area contributed by atoms with Crippen LogP contribution in [0.1, 0.15) is 39.2 Å². The molecule has 0 aliphatic rings. The Balaban J connectivity index is 2.12. The lowest BCUT2D eigenvalue weighted by Gasteiger charge is -2.22. The summed E-state index contributed by atoms with van der Waals surface area (Å²) in [5, 5.41) is 6.14. The van der Waals surface area contributed by atoms with Gasteiger partial charge in [0.05, 0.1) is 0 Å². The van der Waals surface area contributed by atoms with Gasteiger partial charge in [0, 0.05) is 17.8 Å². The molecule has 2 atom stereocenters. The molecule has 1 N–H and O–H groups in total. The lowest BCUT2D eigenvalue weighted by Crippen LogP contribution is -2.27. The molecule has 1 aromatic carbocycles. The zero-order valence-corrected chi connectivity index (χ0v) is 13.1. The summed E-state index contributed by atoms with van der Waals surface area (Å²) in [6.45, 7) is 11.3. The second-order valence-electron chi connectivity index (χ2n) is 6.26. The van der Waals surface area contributed by atoms with Gasteiger partial charge in [-0.05, 0) is 47.9 Å². The Bertz CT molecular complexity index is 543. The van der Waals surface area contributed by atoms with Gasteiger partial charge in [-0.1, -0.05) is 45.9 Å². The third kappa shape index (κ3) is 3.57. The van der Waals surface area contributed by atoms with E-state index in [4.69, 9.17) is 0 Å². The van der Waals surface area contributed by atoms with E-state index in [1.807, 2.05) is 12.4 Å². The van der Waals surface area contributed by atoms with E-state index in [1.165, 1.54) is 16.3 Å². The van der Waals surface area contributed by atoms with Crippen LogP contribution in [0.4, 0.5) is 0 Å². The summed E-state index contributed by atoms with van der Waals surface area (Å²) in [6, 6.07) is 8.67. The van der Waals surface area contributed by atoms with Gasteiger partial charge in [0.25, 0.3) is 0 Å². The van der Waals surface area contributed by atoms with Crippen LogP contribution in [0.25, 0.3) is 10.8 Å². The van der Waals surface area contributed by atoms with Crippen LogP contribution in [-0.2, 0) is 0 Å². The second kappa shape index (κ2) is 6.85. The van der Waals surface area contributed by atoms with Gasteiger partial charge in [0.1, 0.15) is 0 Å². The van der Waals surface area contributed by atoms with Crippen molar-refractivity contribution in [2.75, 3.05) is 13.1 Å². The van der Waals surface area contributed by atoms with E-state index in [2.05, 4.69) is 62.3 Å². The molecule has 108 valence electrons. The fourth-order valence-electron chi connectivity index (χ4n) is 2.63. The minimum absolute atomic E-state index is 0.542. The molecule has 20 heavy (non-hydrogen) atoms. The molecule has 0 radical (unpaired) electrons. The molecule has 0 spiro atoms. The van der Waals surface area contributed by atoms with Crippen molar-refractivity contribution in [2.24, 2.45) is 11.8 Å². The first kappa shape index (κ1) is 15.0. The topological polar surface area (TPSA) is 24.9 Å². The summed E-state index contributed by atoms with van der Waals surface area (Å²) in [7, 11) is 0. The van der Waals surface area contributed by atoms with E-state index in [0.29, 0.717) is 17.8 Å². The molecule has 0 aliphatic heterocycles. The van der Waals surface area contributed by atoms with Gasteiger partial charge in [0.2, 0.25) is 0 Å². The van der Waals surface area contributed by atoms with Crippen molar-refractivity contribution in [2.45, 2.75) is 33.6 Å². The monoisotopic (exact) mass is 270 g/mol. The summed E-state index contributed by atoms with van der Waals surface area (Å²) < 4.78 is 0. The molecule has 1 aromatic heterocycles. The number of nitrogens with one attached hydrogen (secondary N) is 1. The van der Waals surface area contributed by atoms with Crippen LogP contribution in [0.15, 0.2) is 36.7 Å². The van der Waals surface area contributed by atoms with Gasteiger partial charge >= 0.3 is 0 Å². The number of hydrogen-bond acceptors (Lipinski definition) is 2. The standard InChI is InChI=1S/C18H26N2/c1-13(2)10-20-11-14(3)15(4)17-7-5-6-16-12-19-9-8-18(16)17/h5-9,12-15,20H,10-11H2,1-4H3. The molecule has 2 nitrogen and oxygen atoms in total. The largest absolute Gasteiger partial charge is 0.316 e. The third-order valence-corrected chi connectivity index (χ3v) is 4.08. The van der Waals surface area contributed by atoms with Crippen molar-refractivity contribution < 1.29 is 0 Å². The molecule has 0 saturated carbocycles. The highest BCUT2D eigenvalue weighted by Crippen LogP contribution is 2.29. The molecular formula is C18H26N2. The fourth-order valence-corrected chi connectivity index (χ4v) is 2.63. The molecular weight excluding hydrogens is 244 g/mol. The molecule has 2 heteroatoms. The highest BCUT2D eigenvalue weighted by molar-refractivity contribution is 5.85. The molecule has 1 heterocycles. The summed E-state index contributed by atoms with van der Waals surface area (Å²) in [4.78, 5) is 4.21. The quantitative estimate of drug-likeness (QED) is 0.850. The first-order valence-electron chi connectivity index (χ1n) is 7.63. The lowest BCUT2D eigenvalue weighted by atomic mass is 9.86. The number of pyridine rings is 1. The van der Waals surface area contributed by atoms with Gasteiger partial charge in [-0.15, -0.1) is 0 Å². The maximum Gasteiger partial charge on any atom is 0.0346 e. The van der Waals surface area contributed by atoms with Gasteiger partial charge in [-0.25, -0.2) is 0 Å². The lowest BCUT2D eigenvalue weighted by molar-refractivity contribution is 0.430. The minimum Gasteiger partial charge on any atom is -0.316 e. The molecule has 0 aliphatic carbocycles. The Labute approximate surface area is 122 Å². The van der Waals surface area contributed by atoms with Crippen molar-refractivity contribution in [3.05, 3.63) is 42.2 Å². The number of rotatable bonds is 6. The van der Waals surface area contributed by atoms with Gasteiger partial charge in [0.15, 0.2) is 0 Å². The zero-order chi connectivity index (χ0) is 14.5. The molecule has 0 saturated heterocycles. The van der Waals surface area contributed by atoms with Crippen LogP contribution >= 0.6 is 0 Å². The smallest absolute Gasteiger partial charge is 0.0346 e. The van der Waals surface area contributed by atoms with E-state index >= 15 is 0 Å². The summed E-state index contributed by atoms with van der Waals surface area (Å²) in [5.74, 6) is 1.87. The highest BCUT2D eigenvalue weighted by atomic mass is 14.9. The van der Waals surface area contributed by atoms with Gasteiger partial charge in [-0.3, -0.25) is 4.98 Å². The van der Waals surface area contributed by atoms with E-state index in [-0.39, 0.29) is 0 Å². The van der Waals surface area contributed by atoms with E-state index in [9.17, 15) is 0 Å². The van der Waals surface area contributed by atoms with Gasteiger partial charge < -0.3 is 5.32 Å². The molecule has 0 bridgehead atoms. The number of benzene rings is 1. The molecule has 0 amide bonds. The number of aromatic nitrogens is 1. The fraction of sp³-hybridized carbons (Fsp3) is 0.500. The third-order valence-electron chi connectivity index (χ3n) is 4.08. The second-order valence-corrected chi connectivity index (χ2v) is 6.26. The Morgan fingerprint density at radius 1 is 1.05 bits per heavy atom. The molecule has 2 aromatic rings. The van der Waals surface area contributed by atoms with Gasteiger partial charge in [-0.2, -0.15) is 0 Å². The van der Waals surface area contributed by atoms with Crippen LogP contribution in [0.5, 0.6) is 0 Å². The predicted octanol–water partition coefficient (Wildman–Crippen LogP) is 4.22. The molecule has 0 fully saturated rings. The van der Waals surface area contributed by atoms with Crippen LogP contribution in [-0.4, -0.2) is 18.1 Å². The average Bonchev–Trinajstić information content (AvgIpc) is 2.45. The first-order chi connectivity index (χ1) is 9.59. The van der Waals surface area contributed by atoms with Crippen molar-refractivity contribution in [3.63, 3.8) is 0 Å². The van der Waals surface area contributed by atoms with Crippen molar-refractivity contribution in [3.8, 4) is 0 Å². The van der Waals surface area contributed by atoms with E-state index in [0.717, 1.165) is 13.1 Å². The summed E-state index contributed by atoms with van der Waals surface area (Å²) in [6.07, 6.45) is 3.84. The maximum absolute atomic E-state index is 4.21. The molecule has 2 rings (SSSR count). The Morgan fingerprint density at radius 3 is 2.60 bits per heavy atom. The summed E-state index contributed by atoms with van der Waals surface area (Å²) in [5.41, 5.74) is 1.43. The van der Waals surface area contributed by atoms with Crippen molar-refractivity contribution in [1.82, 2.24) is 10.3 Å². The van der Waals surface area contributed by atoms with Crippen LogP contribution in [0.3, 0.4) is 0 Å². The Kier molecular flexibility index (Phi) is 5.13. The van der Waals surface area contributed by atoms with Crippen molar-refractivity contribution >= 4 is 10.8 Å².